The molecular weight excluding hydrogens is 288 g/mol. The second-order valence-electron chi connectivity index (χ2n) is 5.60. The van der Waals surface area contributed by atoms with Gasteiger partial charge in [0.1, 0.15) is 5.75 Å². The Labute approximate surface area is 124 Å². The third-order valence-corrected chi connectivity index (χ3v) is 3.99. The summed E-state index contributed by atoms with van der Waals surface area (Å²) in [6, 6.07) is 7.56. The fraction of sp³-hybridized carbons (Fsp3) is 0.333. The second kappa shape index (κ2) is 4.89. The molecule has 21 heavy (non-hydrogen) atoms. The maximum Gasteiger partial charge on any atom is 0.306 e. The first-order valence-electron chi connectivity index (χ1n) is 6.80. The maximum absolute atomic E-state index is 11.3. The molecule has 1 aliphatic carbocycles. The molecule has 0 amide bonds. The van der Waals surface area contributed by atoms with Crippen LogP contribution in [0.15, 0.2) is 30.5 Å². The quantitative estimate of drug-likeness (QED) is 0.745. The molecule has 0 unspecified atom stereocenters. The van der Waals surface area contributed by atoms with Crippen LogP contribution in [0.5, 0.6) is 5.75 Å². The predicted octanol–water partition coefficient (Wildman–Crippen LogP) is 1.74. The van der Waals surface area contributed by atoms with Gasteiger partial charge in [-0.05, 0) is 36.2 Å². The Morgan fingerprint density at radius 2 is 2.10 bits per heavy atom. The van der Waals surface area contributed by atoms with Gasteiger partial charge in [-0.15, -0.1) is 0 Å². The molecule has 2 aromatic rings. The zero-order chi connectivity index (χ0) is 15.2. The van der Waals surface area contributed by atoms with E-state index in [1.165, 1.54) is 11.1 Å². The number of rotatable bonds is 4. The van der Waals surface area contributed by atoms with Crippen LogP contribution in [0.25, 0.3) is 11.3 Å². The molecule has 112 valence electrons. The Morgan fingerprint density at radius 1 is 1.33 bits per heavy atom. The second-order valence-corrected chi connectivity index (χ2v) is 7.18. The smallest absolute Gasteiger partial charge is 0.306 e. The lowest BCUT2D eigenvalue weighted by molar-refractivity contribution is 0.493. The normalized spacial score (nSPS) is 14.6. The first-order chi connectivity index (χ1) is 9.83. The van der Waals surface area contributed by atoms with E-state index in [0.29, 0.717) is 5.75 Å². The van der Waals surface area contributed by atoms with E-state index in [-0.39, 0.29) is 6.04 Å². The molecule has 0 spiro atoms. The molecule has 1 aromatic carbocycles. The van der Waals surface area contributed by atoms with Gasteiger partial charge < -0.3 is 14.5 Å². The molecule has 6 heteroatoms. The van der Waals surface area contributed by atoms with Crippen molar-refractivity contribution in [3.05, 3.63) is 41.6 Å². The van der Waals surface area contributed by atoms with Gasteiger partial charge in [-0.1, -0.05) is 6.07 Å². The summed E-state index contributed by atoms with van der Waals surface area (Å²) >= 11 is 0. The van der Waals surface area contributed by atoms with Gasteiger partial charge in [-0.3, -0.25) is 0 Å². The Hall–Kier alpha value is -1.79. The number of hydrogen-bond donors (Lipinski definition) is 1. The van der Waals surface area contributed by atoms with Crippen molar-refractivity contribution in [3.63, 3.8) is 0 Å². The van der Waals surface area contributed by atoms with Crippen LogP contribution in [0.1, 0.15) is 18.1 Å². The molecule has 1 aliphatic rings. The molecule has 0 radical (unpaired) electrons. The van der Waals surface area contributed by atoms with E-state index in [1.807, 2.05) is 19.2 Å². The molecule has 1 atom stereocenters. The van der Waals surface area contributed by atoms with Crippen molar-refractivity contribution in [2.24, 2.45) is 5.73 Å². The van der Waals surface area contributed by atoms with Gasteiger partial charge in [0.15, 0.2) is 0 Å². The molecule has 0 aliphatic heterocycles. The number of nitrogens with zero attached hydrogens (tertiary/aromatic N) is 1. The lowest BCUT2D eigenvalue weighted by Crippen LogP contribution is -2.22. The first kappa shape index (κ1) is 14.2. The van der Waals surface area contributed by atoms with E-state index in [2.05, 4.69) is 10.6 Å². The van der Waals surface area contributed by atoms with Gasteiger partial charge in [0.05, 0.1) is 11.9 Å². The Balaban J connectivity index is 2.03. The van der Waals surface area contributed by atoms with Gasteiger partial charge in [0.2, 0.25) is 0 Å². The van der Waals surface area contributed by atoms with Gasteiger partial charge in [0.25, 0.3) is 0 Å². The lowest BCUT2D eigenvalue weighted by Gasteiger charge is -2.12. The van der Waals surface area contributed by atoms with Crippen LogP contribution in [-0.2, 0) is 23.1 Å². The minimum absolute atomic E-state index is 0.0565. The summed E-state index contributed by atoms with van der Waals surface area (Å²) in [5.41, 5.74) is 10.4. The van der Waals surface area contributed by atoms with Gasteiger partial charge in [0, 0.05) is 30.8 Å². The first-order valence-corrected chi connectivity index (χ1v) is 8.61. The van der Waals surface area contributed by atoms with E-state index in [9.17, 15) is 8.42 Å². The maximum atomic E-state index is 11.3. The SMILES string of the molecule is C[C@@H](N)Cn1ccc2c1-c1cc(OS(C)(=O)=O)ccc1C2. The summed E-state index contributed by atoms with van der Waals surface area (Å²) in [5.74, 6) is 0.345. The average Bonchev–Trinajstić information content (AvgIpc) is 2.87. The highest BCUT2D eigenvalue weighted by molar-refractivity contribution is 7.86. The van der Waals surface area contributed by atoms with Gasteiger partial charge in [-0.25, -0.2) is 0 Å². The van der Waals surface area contributed by atoms with E-state index in [1.54, 1.807) is 12.1 Å². The van der Waals surface area contributed by atoms with E-state index in [0.717, 1.165) is 30.5 Å². The topological polar surface area (TPSA) is 74.3 Å². The molecule has 0 saturated heterocycles. The summed E-state index contributed by atoms with van der Waals surface area (Å²) in [4.78, 5) is 0. The summed E-state index contributed by atoms with van der Waals surface area (Å²) in [7, 11) is -3.51. The van der Waals surface area contributed by atoms with Crippen molar-refractivity contribution in [1.29, 1.82) is 0 Å². The predicted molar refractivity (Wildman–Crippen MR) is 81.8 cm³/mol. The molecule has 0 saturated carbocycles. The summed E-state index contributed by atoms with van der Waals surface area (Å²) in [5, 5.41) is 0. The highest BCUT2D eigenvalue weighted by Crippen LogP contribution is 2.39. The van der Waals surface area contributed by atoms with Crippen LogP contribution in [-0.4, -0.2) is 25.3 Å². The Kier molecular flexibility index (Phi) is 3.30. The number of aromatic nitrogens is 1. The summed E-state index contributed by atoms with van der Waals surface area (Å²) in [6.07, 6.45) is 3.93. The largest absolute Gasteiger partial charge is 0.383 e. The average molecular weight is 306 g/mol. The van der Waals surface area contributed by atoms with Crippen molar-refractivity contribution in [2.45, 2.75) is 25.9 Å². The van der Waals surface area contributed by atoms with Crippen molar-refractivity contribution < 1.29 is 12.6 Å². The summed E-state index contributed by atoms with van der Waals surface area (Å²) in [6.45, 7) is 2.69. The summed E-state index contributed by atoms with van der Waals surface area (Å²) < 4.78 is 29.6. The molecule has 0 bridgehead atoms. The van der Waals surface area contributed by atoms with Crippen LogP contribution in [0, 0.1) is 0 Å². The monoisotopic (exact) mass is 306 g/mol. The third kappa shape index (κ3) is 2.82. The standard InChI is InChI=1S/C15H18N2O3S/c1-10(16)9-17-6-5-12-7-11-3-4-13(20-21(2,18)19)8-14(11)15(12)17/h3-6,8,10H,7,9,16H2,1-2H3/t10-/m1/s1. The van der Waals surface area contributed by atoms with Crippen LogP contribution in [0.3, 0.4) is 0 Å². The highest BCUT2D eigenvalue weighted by atomic mass is 32.2. The number of nitrogens with two attached hydrogens (primary N) is 1. The minimum atomic E-state index is -3.51. The molecule has 0 fully saturated rings. The van der Waals surface area contributed by atoms with Crippen LogP contribution in [0.4, 0.5) is 0 Å². The lowest BCUT2D eigenvalue weighted by atomic mass is 10.1. The molecule has 5 nitrogen and oxygen atoms in total. The van der Waals surface area contributed by atoms with E-state index < -0.39 is 10.1 Å². The van der Waals surface area contributed by atoms with Crippen LogP contribution >= 0.6 is 0 Å². The highest BCUT2D eigenvalue weighted by Gasteiger charge is 2.23. The van der Waals surface area contributed by atoms with Gasteiger partial charge >= 0.3 is 10.1 Å². The zero-order valence-corrected chi connectivity index (χ0v) is 12.9. The number of benzene rings is 1. The zero-order valence-electron chi connectivity index (χ0n) is 12.0. The fourth-order valence-corrected chi connectivity index (χ4v) is 3.27. The van der Waals surface area contributed by atoms with Crippen LogP contribution in [0.2, 0.25) is 0 Å². The molecular formula is C15H18N2O3S. The number of hydrogen-bond acceptors (Lipinski definition) is 4. The minimum Gasteiger partial charge on any atom is -0.383 e. The Morgan fingerprint density at radius 3 is 2.76 bits per heavy atom. The van der Waals surface area contributed by atoms with E-state index >= 15 is 0 Å². The third-order valence-electron chi connectivity index (χ3n) is 3.50. The van der Waals surface area contributed by atoms with E-state index in [4.69, 9.17) is 9.92 Å². The Bertz CT molecular complexity index is 791. The van der Waals surface area contributed by atoms with Crippen LogP contribution < -0.4 is 9.92 Å². The van der Waals surface area contributed by atoms with Crippen molar-refractivity contribution in [3.8, 4) is 17.0 Å². The molecule has 1 aromatic heterocycles. The fourth-order valence-electron chi connectivity index (χ4n) is 2.81. The van der Waals surface area contributed by atoms with Crippen molar-refractivity contribution >= 4 is 10.1 Å². The number of fused-ring (bicyclic) bond motifs is 3. The van der Waals surface area contributed by atoms with Crippen molar-refractivity contribution in [1.82, 2.24) is 4.57 Å². The van der Waals surface area contributed by atoms with Gasteiger partial charge in [-0.2, -0.15) is 8.42 Å². The molecule has 1 heterocycles. The van der Waals surface area contributed by atoms with Crippen molar-refractivity contribution in [2.75, 3.05) is 6.26 Å². The molecule has 2 N–H and O–H groups in total. The molecule has 3 rings (SSSR count).